The van der Waals surface area contributed by atoms with Crippen LogP contribution in [0.1, 0.15) is 29.8 Å². The summed E-state index contributed by atoms with van der Waals surface area (Å²) in [6.45, 7) is 4.75. The first-order valence-corrected chi connectivity index (χ1v) is 6.16. The number of nitrogens with one attached hydrogen (secondary N) is 1. The molecule has 7 nitrogen and oxygen atoms in total. The van der Waals surface area contributed by atoms with Crippen molar-refractivity contribution in [1.82, 2.24) is 5.32 Å². The lowest BCUT2D eigenvalue weighted by Gasteiger charge is -2.32. The Kier molecular flexibility index (Phi) is 3.35. The highest BCUT2D eigenvalue weighted by Crippen LogP contribution is 2.31. The second-order valence-corrected chi connectivity index (χ2v) is 5.30. The lowest BCUT2D eigenvalue weighted by Crippen LogP contribution is -2.43. The lowest BCUT2D eigenvalue weighted by atomic mass is 9.79. The summed E-state index contributed by atoms with van der Waals surface area (Å²) in [5.41, 5.74) is 18.0. The summed E-state index contributed by atoms with van der Waals surface area (Å²) in [6.07, 6.45) is 0. The first kappa shape index (κ1) is 13.9. The molecule has 1 aromatic carbocycles. The van der Waals surface area contributed by atoms with Crippen molar-refractivity contribution < 1.29 is 4.79 Å². The molecular formula is C13H18N6O. The molecule has 1 aromatic rings. The molecule has 0 fully saturated rings. The van der Waals surface area contributed by atoms with Crippen LogP contribution in [0.25, 0.3) is 0 Å². The van der Waals surface area contributed by atoms with Gasteiger partial charge in [0.05, 0.1) is 5.69 Å². The Labute approximate surface area is 117 Å². The molecule has 0 radical (unpaired) electrons. The second-order valence-electron chi connectivity index (χ2n) is 5.30. The van der Waals surface area contributed by atoms with Crippen molar-refractivity contribution in [3.63, 3.8) is 0 Å². The van der Waals surface area contributed by atoms with Gasteiger partial charge in [-0.15, -0.1) is 0 Å². The van der Waals surface area contributed by atoms with E-state index in [4.69, 9.17) is 17.2 Å². The highest BCUT2D eigenvalue weighted by molar-refractivity contribution is 5.99. The van der Waals surface area contributed by atoms with Gasteiger partial charge in [-0.05, 0) is 17.7 Å². The van der Waals surface area contributed by atoms with E-state index in [0.717, 1.165) is 5.56 Å². The number of amides is 1. The van der Waals surface area contributed by atoms with Crippen LogP contribution in [0.15, 0.2) is 28.2 Å². The fourth-order valence-corrected chi connectivity index (χ4v) is 2.16. The minimum absolute atomic E-state index is 0.0552. The molecule has 0 bridgehead atoms. The van der Waals surface area contributed by atoms with Crippen molar-refractivity contribution >= 4 is 23.5 Å². The van der Waals surface area contributed by atoms with Gasteiger partial charge < -0.3 is 22.5 Å². The number of carbonyl (C=O) groups excluding carboxylic acids is 1. The Morgan fingerprint density at radius 1 is 1.30 bits per heavy atom. The van der Waals surface area contributed by atoms with E-state index >= 15 is 0 Å². The van der Waals surface area contributed by atoms with E-state index in [-0.39, 0.29) is 23.2 Å². The number of nitrogens with zero attached hydrogens (tertiary/aromatic N) is 2. The third-order valence-corrected chi connectivity index (χ3v) is 3.16. The van der Waals surface area contributed by atoms with Gasteiger partial charge in [0.25, 0.3) is 5.91 Å². The first-order chi connectivity index (χ1) is 9.29. The number of rotatable bonds is 1. The Morgan fingerprint density at radius 3 is 2.65 bits per heavy atom. The molecule has 0 unspecified atom stereocenters. The predicted molar refractivity (Wildman–Crippen MR) is 78.9 cm³/mol. The number of fused-ring (bicyclic) bond motifs is 1. The molecule has 7 N–H and O–H groups in total. The SMILES string of the molecule is CC1(C)CNC(=O)c2cc(N=C(N)N=C(N)N)ccc21. The lowest BCUT2D eigenvalue weighted by molar-refractivity contribution is 0.0930. The molecule has 1 aliphatic heterocycles. The maximum absolute atomic E-state index is 11.9. The molecule has 0 aromatic heterocycles. The molecule has 106 valence electrons. The molecule has 0 atom stereocenters. The zero-order valence-electron chi connectivity index (χ0n) is 11.5. The number of benzene rings is 1. The smallest absolute Gasteiger partial charge is 0.251 e. The van der Waals surface area contributed by atoms with Gasteiger partial charge in [0.15, 0.2) is 5.96 Å². The van der Waals surface area contributed by atoms with Gasteiger partial charge in [0.2, 0.25) is 5.96 Å². The summed E-state index contributed by atoms with van der Waals surface area (Å²) in [7, 11) is 0. The van der Waals surface area contributed by atoms with E-state index in [0.29, 0.717) is 17.8 Å². The van der Waals surface area contributed by atoms with Crippen molar-refractivity contribution in [3.8, 4) is 0 Å². The van der Waals surface area contributed by atoms with Crippen LogP contribution in [0, 0.1) is 0 Å². The third kappa shape index (κ3) is 2.71. The van der Waals surface area contributed by atoms with E-state index in [1.165, 1.54) is 0 Å². The first-order valence-electron chi connectivity index (χ1n) is 6.16. The molecule has 0 spiro atoms. The maximum atomic E-state index is 11.9. The van der Waals surface area contributed by atoms with E-state index in [1.54, 1.807) is 12.1 Å². The quantitative estimate of drug-likeness (QED) is 0.421. The zero-order chi connectivity index (χ0) is 14.9. The summed E-state index contributed by atoms with van der Waals surface area (Å²) in [5.74, 6) is -0.333. The van der Waals surface area contributed by atoms with Gasteiger partial charge >= 0.3 is 0 Å². The maximum Gasteiger partial charge on any atom is 0.251 e. The average Bonchev–Trinajstić information content (AvgIpc) is 2.33. The van der Waals surface area contributed by atoms with Gasteiger partial charge in [-0.1, -0.05) is 19.9 Å². The van der Waals surface area contributed by atoms with Gasteiger partial charge in [-0.25, -0.2) is 4.99 Å². The van der Waals surface area contributed by atoms with Crippen molar-refractivity contribution in [2.24, 2.45) is 27.2 Å². The second kappa shape index (κ2) is 4.84. The molecule has 7 heteroatoms. The Hall–Kier alpha value is -2.57. The van der Waals surface area contributed by atoms with Crippen LogP contribution in [0.5, 0.6) is 0 Å². The molecule has 20 heavy (non-hydrogen) atoms. The molecular weight excluding hydrogens is 256 g/mol. The molecule has 0 saturated carbocycles. The summed E-state index contributed by atoms with van der Waals surface area (Å²) >= 11 is 0. The van der Waals surface area contributed by atoms with Crippen LogP contribution in [-0.2, 0) is 5.41 Å². The van der Waals surface area contributed by atoms with Gasteiger partial charge in [-0.2, -0.15) is 4.99 Å². The number of hydrogen-bond donors (Lipinski definition) is 4. The largest absolute Gasteiger partial charge is 0.370 e. The van der Waals surface area contributed by atoms with E-state index in [1.807, 2.05) is 6.07 Å². The predicted octanol–water partition coefficient (Wildman–Crippen LogP) is -0.0728. The molecule has 0 aliphatic carbocycles. The highest BCUT2D eigenvalue weighted by atomic mass is 16.1. The topological polar surface area (TPSA) is 132 Å². The van der Waals surface area contributed by atoms with Crippen molar-refractivity contribution in [3.05, 3.63) is 29.3 Å². The van der Waals surface area contributed by atoms with E-state index in [9.17, 15) is 4.79 Å². The van der Waals surface area contributed by atoms with Gasteiger partial charge in [-0.3, -0.25) is 4.79 Å². The monoisotopic (exact) mass is 274 g/mol. The summed E-state index contributed by atoms with van der Waals surface area (Å²) in [6, 6.07) is 5.35. The number of aliphatic imine (C=N–C) groups is 2. The molecule has 1 amide bonds. The number of hydrogen-bond acceptors (Lipinski definition) is 2. The number of guanidine groups is 2. The minimum atomic E-state index is -0.164. The summed E-state index contributed by atoms with van der Waals surface area (Å²) in [5, 5.41) is 2.86. The van der Waals surface area contributed by atoms with Crippen LogP contribution in [0.2, 0.25) is 0 Å². The van der Waals surface area contributed by atoms with Crippen LogP contribution >= 0.6 is 0 Å². The Bertz CT molecular complexity index is 613. The van der Waals surface area contributed by atoms with Gasteiger partial charge in [0.1, 0.15) is 0 Å². The molecule has 0 saturated heterocycles. The number of nitrogens with two attached hydrogens (primary N) is 3. The molecule has 2 rings (SSSR count). The molecule has 1 heterocycles. The van der Waals surface area contributed by atoms with Gasteiger partial charge in [0, 0.05) is 17.5 Å². The van der Waals surface area contributed by atoms with E-state index < -0.39 is 0 Å². The third-order valence-electron chi connectivity index (χ3n) is 3.16. The number of carbonyl (C=O) groups is 1. The average molecular weight is 274 g/mol. The minimum Gasteiger partial charge on any atom is -0.370 e. The van der Waals surface area contributed by atoms with E-state index in [2.05, 4.69) is 29.1 Å². The van der Waals surface area contributed by atoms with Crippen LogP contribution < -0.4 is 22.5 Å². The van der Waals surface area contributed by atoms with Crippen LogP contribution in [0.4, 0.5) is 5.69 Å². The Morgan fingerprint density at radius 2 is 2.00 bits per heavy atom. The Balaban J connectivity index is 2.44. The van der Waals surface area contributed by atoms with Crippen molar-refractivity contribution in [1.29, 1.82) is 0 Å². The summed E-state index contributed by atoms with van der Waals surface area (Å²) in [4.78, 5) is 19.6. The fraction of sp³-hybridized carbons (Fsp3) is 0.308. The van der Waals surface area contributed by atoms with Crippen molar-refractivity contribution in [2.45, 2.75) is 19.3 Å². The summed E-state index contributed by atoms with van der Waals surface area (Å²) < 4.78 is 0. The normalized spacial score (nSPS) is 17.1. The standard InChI is InChI=1S/C13H18N6O/c1-13(2)6-17-10(20)8-5-7(3-4-9(8)13)18-12(16)19-11(14)15/h3-5H,6H2,1-2H3,(H,17,20)(H6,14,15,16,18,19). The van der Waals surface area contributed by atoms with Crippen molar-refractivity contribution in [2.75, 3.05) is 6.54 Å². The fourth-order valence-electron chi connectivity index (χ4n) is 2.16. The molecule has 1 aliphatic rings. The zero-order valence-corrected chi connectivity index (χ0v) is 11.5. The van der Waals surface area contributed by atoms with Crippen LogP contribution in [-0.4, -0.2) is 24.4 Å². The highest BCUT2D eigenvalue weighted by Gasteiger charge is 2.31. The van der Waals surface area contributed by atoms with Crippen LogP contribution in [0.3, 0.4) is 0 Å².